The molecule has 20 heavy (non-hydrogen) atoms. The van der Waals surface area contributed by atoms with Gasteiger partial charge in [0.1, 0.15) is 0 Å². The predicted octanol–water partition coefficient (Wildman–Crippen LogP) is 3.03. The highest BCUT2D eigenvalue weighted by Crippen LogP contribution is 2.23. The van der Waals surface area contributed by atoms with Gasteiger partial charge in [-0.25, -0.2) is 13.1 Å². The van der Waals surface area contributed by atoms with Gasteiger partial charge in [0.05, 0.1) is 4.90 Å². The van der Waals surface area contributed by atoms with Gasteiger partial charge >= 0.3 is 0 Å². The van der Waals surface area contributed by atoms with E-state index in [4.69, 9.17) is 0 Å². The zero-order valence-corrected chi connectivity index (χ0v) is 14.5. The summed E-state index contributed by atoms with van der Waals surface area (Å²) in [4.78, 5) is 0.299. The number of rotatable bonds is 9. The van der Waals surface area contributed by atoms with Gasteiger partial charge in [-0.2, -0.15) is 0 Å². The molecular formula is C14H23BrN2O2S. The maximum absolute atomic E-state index is 12.1. The van der Waals surface area contributed by atoms with E-state index in [1.54, 1.807) is 6.07 Å². The van der Waals surface area contributed by atoms with Crippen molar-refractivity contribution < 1.29 is 8.42 Å². The van der Waals surface area contributed by atoms with Crippen molar-refractivity contribution in [2.24, 2.45) is 0 Å². The molecule has 4 nitrogen and oxygen atoms in total. The first-order chi connectivity index (χ1) is 9.51. The first kappa shape index (κ1) is 17.6. The molecular weight excluding hydrogens is 340 g/mol. The van der Waals surface area contributed by atoms with E-state index in [0.29, 0.717) is 15.9 Å². The van der Waals surface area contributed by atoms with Crippen molar-refractivity contribution in [1.29, 1.82) is 0 Å². The van der Waals surface area contributed by atoms with E-state index in [0.717, 1.165) is 37.9 Å². The van der Waals surface area contributed by atoms with Gasteiger partial charge in [-0.1, -0.05) is 26.3 Å². The summed E-state index contributed by atoms with van der Waals surface area (Å²) in [5.74, 6) is 0. The minimum absolute atomic E-state index is 0.299. The van der Waals surface area contributed by atoms with Crippen LogP contribution in [0.4, 0.5) is 0 Å². The van der Waals surface area contributed by atoms with Crippen LogP contribution in [0.3, 0.4) is 0 Å². The summed E-state index contributed by atoms with van der Waals surface area (Å²) in [7, 11) is -3.42. The van der Waals surface area contributed by atoms with Gasteiger partial charge in [0.25, 0.3) is 0 Å². The lowest BCUT2D eigenvalue weighted by atomic mass is 10.2. The van der Waals surface area contributed by atoms with E-state index >= 15 is 0 Å². The Labute approximate surface area is 130 Å². The van der Waals surface area contributed by atoms with Crippen molar-refractivity contribution >= 4 is 26.0 Å². The Bertz CT molecular complexity index is 518. The molecule has 0 amide bonds. The zero-order valence-electron chi connectivity index (χ0n) is 12.1. The molecule has 0 aliphatic heterocycles. The minimum Gasteiger partial charge on any atom is -0.313 e. The van der Waals surface area contributed by atoms with Crippen molar-refractivity contribution in [3.8, 4) is 0 Å². The summed E-state index contributed by atoms with van der Waals surface area (Å²) >= 11 is 3.35. The number of unbranched alkanes of at least 4 members (excludes halogenated alkanes) is 1. The largest absolute Gasteiger partial charge is 0.313 e. The standard InChI is InChI=1S/C14H23BrN2O2S/c1-3-5-9-17-20(18,19)14-7-6-12(10-13(14)15)11-16-8-4-2/h6-7,10,16-17H,3-5,8-9,11H2,1-2H3. The fourth-order valence-corrected chi connectivity index (χ4v) is 3.94. The molecule has 114 valence electrons. The van der Waals surface area contributed by atoms with Crippen LogP contribution in [0.2, 0.25) is 0 Å². The Balaban J connectivity index is 2.76. The highest BCUT2D eigenvalue weighted by atomic mass is 79.9. The molecule has 0 aromatic heterocycles. The highest BCUT2D eigenvalue weighted by molar-refractivity contribution is 9.10. The fourth-order valence-electron chi connectivity index (χ4n) is 1.74. The lowest BCUT2D eigenvalue weighted by molar-refractivity contribution is 0.577. The lowest BCUT2D eigenvalue weighted by Gasteiger charge is -2.10. The van der Waals surface area contributed by atoms with E-state index in [2.05, 4.69) is 32.9 Å². The first-order valence-corrected chi connectivity index (χ1v) is 9.27. The molecule has 0 atom stereocenters. The van der Waals surface area contributed by atoms with E-state index in [1.165, 1.54) is 0 Å². The maximum atomic E-state index is 12.1. The molecule has 0 saturated heterocycles. The lowest BCUT2D eigenvalue weighted by Crippen LogP contribution is -2.25. The SMILES string of the molecule is CCCCNS(=O)(=O)c1ccc(CNCCC)cc1Br. The van der Waals surface area contributed by atoms with E-state index in [1.807, 2.05) is 19.1 Å². The van der Waals surface area contributed by atoms with Gasteiger partial charge in [0.15, 0.2) is 0 Å². The summed E-state index contributed by atoms with van der Waals surface area (Å²) in [6.45, 7) is 6.32. The molecule has 0 aliphatic carbocycles. The molecule has 6 heteroatoms. The maximum Gasteiger partial charge on any atom is 0.241 e. The smallest absolute Gasteiger partial charge is 0.241 e. The summed E-state index contributed by atoms with van der Waals surface area (Å²) in [5.41, 5.74) is 1.07. The van der Waals surface area contributed by atoms with Crippen LogP contribution in [0.1, 0.15) is 38.7 Å². The van der Waals surface area contributed by atoms with Crippen LogP contribution in [-0.4, -0.2) is 21.5 Å². The van der Waals surface area contributed by atoms with Crippen LogP contribution in [-0.2, 0) is 16.6 Å². The molecule has 1 aromatic rings. The molecule has 1 rings (SSSR count). The topological polar surface area (TPSA) is 58.2 Å². The molecule has 0 spiro atoms. The molecule has 0 unspecified atom stereocenters. The Hall–Kier alpha value is -0.430. The third kappa shape index (κ3) is 5.52. The quantitative estimate of drug-likeness (QED) is 0.663. The van der Waals surface area contributed by atoms with Crippen molar-refractivity contribution in [3.05, 3.63) is 28.2 Å². The van der Waals surface area contributed by atoms with Crippen molar-refractivity contribution in [2.45, 2.75) is 44.6 Å². The van der Waals surface area contributed by atoms with Gasteiger partial charge in [-0.05, 0) is 53.0 Å². The second kappa shape index (κ2) is 8.77. The highest BCUT2D eigenvalue weighted by Gasteiger charge is 2.16. The third-order valence-electron chi connectivity index (χ3n) is 2.86. The van der Waals surface area contributed by atoms with Crippen LogP contribution >= 0.6 is 15.9 Å². The molecule has 2 N–H and O–H groups in total. The second-order valence-electron chi connectivity index (χ2n) is 4.69. The van der Waals surface area contributed by atoms with Gasteiger partial charge in [-0.3, -0.25) is 0 Å². The monoisotopic (exact) mass is 362 g/mol. The van der Waals surface area contributed by atoms with Gasteiger partial charge in [0.2, 0.25) is 10.0 Å². The predicted molar refractivity (Wildman–Crippen MR) is 86.2 cm³/mol. The van der Waals surface area contributed by atoms with Crippen LogP contribution in [0, 0.1) is 0 Å². The Morgan fingerprint density at radius 1 is 1.15 bits per heavy atom. The molecule has 0 fully saturated rings. The third-order valence-corrected chi connectivity index (χ3v) is 5.30. The summed E-state index contributed by atoms with van der Waals surface area (Å²) < 4.78 is 27.5. The molecule has 0 saturated carbocycles. The Kier molecular flexibility index (Phi) is 7.72. The normalized spacial score (nSPS) is 11.8. The number of benzene rings is 1. The van der Waals surface area contributed by atoms with Gasteiger partial charge in [-0.15, -0.1) is 0 Å². The zero-order chi connectivity index (χ0) is 15.0. The van der Waals surface area contributed by atoms with Crippen LogP contribution in [0.25, 0.3) is 0 Å². The molecule has 0 aliphatic rings. The van der Waals surface area contributed by atoms with E-state index in [-0.39, 0.29) is 0 Å². The first-order valence-electron chi connectivity index (χ1n) is 7.00. The van der Waals surface area contributed by atoms with Gasteiger partial charge in [0, 0.05) is 17.6 Å². The number of nitrogens with one attached hydrogen (secondary N) is 2. The van der Waals surface area contributed by atoms with E-state index < -0.39 is 10.0 Å². The fraction of sp³-hybridized carbons (Fsp3) is 0.571. The summed E-state index contributed by atoms with van der Waals surface area (Å²) in [6.07, 6.45) is 2.89. The summed E-state index contributed by atoms with van der Waals surface area (Å²) in [6, 6.07) is 5.36. The van der Waals surface area contributed by atoms with Crippen LogP contribution in [0.15, 0.2) is 27.6 Å². The van der Waals surface area contributed by atoms with Crippen molar-refractivity contribution in [2.75, 3.05) is 13.1 Å². The number of sulfonamides is 1. The van der Waals surface area contributed by atoms with E-state index in [9.17, 15) is 8.42 Å². The average molecular weight is 363 g/mol. The van der Waals surface area contributed by atoms with Crippen LogP contribution < -0.4 is 10.0 Å². The molecule has 0 bridgehead atoms. The van der Waals surface area contributed by atoms with Crippen molar-refractivity contribution in [1.82, 2.24) is 10.0 Å². The number of hydrogen-bond acceptors (Lipinski definition) is 3. The van der Waals surface area contributed by atoms with Crippen LogP contribution in [0.5, 0.6) is 0 Å². The number of halogens is 1. The molecule has 0 heterocycles. The summed E-state index contributed by atoms with van der Waals surface area (Å²) in [5, 5.41) is 3.29. The molecule has 1 aromatic carbocycles. The Morgan fingerprint density at radius 3 is 2.50 bits per heavy atom. The van der Waals surface area contributed by atoms with Gasteiger partial charge < -0.3 is 5.32 Å². The minimum atomic E-state index is -3.42. The number of hydrogen-bond donors (Lipinski definition) is 2. The second-order valence-corrected chi connectivity index (χ2v) is 7.28. The Morgan fingerprint density at radius 2 is 1.90 bits per heavy atom. The van der Waals surface area contributed by atoms with Crippen molar-refractivity contribution in [3.63, 3.8) is 0 Å². The average Bonchev–Trinajstić information content (AvgIpc) is 2.39. The molecule has 0 radical (unpaired) electrons.